The number of nitrogens with zero attached hydrogens (tertiary/aromatic N) is 2. The van der Waals surface area contributed by atoms with Crippen LogP contribution in [0.5, 0.6) is 0 Å². The first-order valence-electron chi connectivity index (χ1n) is 3.55. The van der Waals surface area contributed by atoms with E-state index in [1.165, 1.54) is 0 Å². The van der Waals surface area contributed by atoms with Gasteiger partial charge in [0.2, 0.25) is 0 Å². The molecule has 0 amide bonds. The zero-order valence-corrected chi connectivity index (χ0v) is 5.28. The fourth-order valence-corrected chi connectivity index (χ4v) is 0.855. The summed E-state index contributed by atoms with van der Waals surface area (Å²) in [6.07, 6.45) is 2.00. The summed E-state index contributed by atoms with van der Waals surface area (Å²) < 4.78 is 7.24. The molecule has 2 aromatic rings. The van der Waals surface area contributed by atoms with E-state index >= 15 is 0 Å². The first-order valence-corrected chi connectivity index (χ1v) is 3.05. The molecule has 0 fully saturated rings. The zero-order chi connectivity index (χ0) is 7.68. The van der Waals surface area contributed by atoms with E-state index in [1.54, 1.807) is 18.3 Å². The Labute approximate surface area is 60.0 Å². The van der Waals surface area contributed by atoms with Gasteiger partial charge in [0.1, 0.15) is 0 Å². The summed E-state index contributed by atoms with van der Waals surface area (Å²) in [4.78, 5) is 8.06. The standard InChI is InChI=1S/C8H6N2/c1-3-7-8(9-5-1)4-2-6-10-7/h1-6H/i5D. The van der Waals surface area contributed by atoms with Gasteiger partial charge in [-0.3, -0.25) is 9.97 Å². The smallest absolute Gasteiger partial charge is 0.0886 e. The number of hydrogen-bond donors (Lipinski definition) is 0. The highest BCUT2D eigenvalue weighted by Crippen LogP contribution is 2.04. The van der Waals surface area contributed by atoms with E-state index in [0.717, 1.165) is 11.0 Å². The van der Waals surface area contributed by atoms with Crippen molar-refractivity contribution in [2.75, 3.05) is 0 Å². The largest absolute Gasteiger partial charge is 0.255 e. The van der Waals surface area contributed by atoms with Gasteiger partial charge in [0.25, 0.3) is 0 Å². The molecule has 0 unspecified atom stereocenters. The van der Waals surface area contributed by atoms with Crippen molar-refractivity contribution < 1.29 is 1.37 Å². The van der Waals surface area contributed by atoms with Gasteiger partial charge in [-0.1, -0.05) is 0 Å². The van der Waals surface area contributed by atoms with Crippen LogP contribution in [0, 0.1) is 0 Å². The third-order valence-electron chi connectivity index (χ3n) is 1.32. The molecule has 10 heavy (non-hydrogen) atoms. The first-order chi connectivity index (χ1) is 5.36. The van der Waals surface area contributed by atoms with Crippen molar-refractivity contribution in [3.63, 3.8) is 0 Å². The molecule has 0 N–H and O–H groups in total. The van der Waals surface area contributed by atoms with E-state index in [4.69, 9.17) is 1.37 Å². The molecule has 2 rings (SSSR count). The maximum absolute atomic E-state index is 7.24. The van der Waals surface area contributed by atoms with Crippen molar-refractivity contribution in [3.8, 4) is 0 Å². The molecule has 2 heteroatoms. The molecule has 0 atom stereocenters. The summed E-state index contributed by atoms with van der Waals surface area (Å²) in [5.74, 6) is 0. The predicted octanol–water partition coefficient (Wildman–Crippen LogP) is 1.63. The molecule has 0 radical (unpaired) electrons. The highest BCUT2D eigenvalue weighted by atomic mass is 14.7. The van der Waals surface area contributed by atoms with Crippen molar-refractivity contribution in [2.45, 2.75) is 0 Å². The molecule has 2 aromatic heterocycles. The van der Waals surface area contributed by atoms with Gasteiger partial charge in [0.15, 0.2) is 0 Å². The minimum atomic E-state index is 0.283. The Hall–Kier alpha value is -1.44. The lowest BCUT2D eigenvalue weighted by atomic mass is 10.3. The zero-order valence-electron chi connectivity index (χ0n) is 6.28. The fourth-order valence-electron chi connectivity index (χ4n) is 0.855. The fraction of sp³-hybridized carbons (Fsp3) is 0. The number of fused-ring (bicyclic) bond motifs is 1. The van der Waals surface area contributed by atoms with E-state index in [-0.39, 0.29) is 6.17 Å². The van der Waals surface area contributed by atoms with Crippen molar-refractivity contribution in [3.05, 3.63) is 36.6 Å². The van der Waals surface area contributed by atoms with Crippen LogP contribution in [0.4, 0.5) is 0 Å². The number of pyridine rings is 2. The first kappa shape index (κ1) is 4.39. The Balaban J connectivity index is 2.83. The lowest BCUT2D eigenvalue weighted by molar-refractivity contribution is 1.34. The molecule has 2 nitrogen and oxygen atoms in total. The normalized spacial score (nSPS) is 11.4. The van der Waals surface area contributed by atoms with E-state index in [0.29, 0.717) is 0 Å². The summed E-state index contributed by atoms with van der Waals surface area (Å²) in [6.45, 7) is 0. The SMILES string of the molecule is [2H]c1ccc2ncccc2n1. The van der Waals surface area contributed by atoms with E-state index < -0.39 is 0 Å². The summed E-state index contributed by atoms with van der Waals surface area (Å²) in [6, 6.07) is 7.09. The van der Waals surface area contributed by atoms with Crippen LogP contribution in [0.3, 0.4) is 0 Å². The Kier molecular flexibility index (Phi) is 0.905. The molecular formula is C8H6N2. The highest BCUT2D eigenvalue weighted by Gasteiger charge is 1.88. The Morgan fingerprint density at radius 1 is 1.10 bits per heavy atom. The van der Waals surface area contributed by atoms with E-state index in [9.17, 15) is 0 Å². The Morgan fingerprint density at radius 3 is 2.90 bits per heavy atom. The molecule has 0 saturated heterocycles. The van der Waals surface area contributed by atoms with Crippen LogP contribution in [-0.2, 0) is 0 Å². The van der Waals surface area contributed by atoms with Crippen molar-refractivity contribution >= 4 is 11.0 Å². The van der Waals surface area contributed by atoms with Gasteiger partial charge < -0.3 is 0 Å². The molecule has 0 spiro atoms. The summed E-state index contributed by atoms with van der Waals surface area (Å²) >= 11 is 0. The number of hydrogen-bond acceptors (Lipinski definition) is 2. The minimum absolute atomic E-state index is 0.283. The highest BCUT2D eigenvalue weighted by molar-refractivity contribution is 5.72. The van der Waals surface area contributed by atoms with Gasteiger partial charge in [-0.2, -0.15) is 0 Å². The molecule has 0 bridgehead atoms. The van der Waals surface area contributed by atoms with Gasteiger partial charge in [0, 0.05) is 12.4 Å². The average Bonchev–Trinajstić information content (AvgIpc) is 2.04. The predicted molar refractivity (Wildman–Crippen MR) is 39.5 cm³/mol. The topological polar surface area (TPSA) is 25.8 Å². The maximum atomic E-state index is 7.24. The molecular weight excluding hydrogens is 124 g/mol. The monoisotopic (exact) mass is 131 g/mol. The third-order valence-corrected chi connectivity index (χ3v) is 1.32. The van der Waals surface area contributed by atoms with Gasteiger partial charge >= 0.3 is 0 Å². The van der Waals surface area contributed by atoms with Crippen LogP contribution in [0.2, 0.25) is 0 Å². The van der Waals surface area contributed by atoms with Crippen molar-refractivity contribution in [1.82, 2.24) is 9.97 Å². The lowest BCUT2D eigenvalue weighted by Crippen LogP contribution is -1.78. The van der Waals surface area contributed by atoms with Crippen LogP contribution in [0.15, 0.2) is 36.6 Å². The van der Waals surface area contributed by atoms with Gasteiger partial charge in [0.05, 0.1) is 12.4 Å². The Morgan fingerprint density at radius 2 is 1.90 bits per heavy atom. The van der Waals surface area contributed by atoms with E-state index in [2.05, 4.69) is 9.97 Å². The van der Waals surface area contributed by atoms with Crippen LogP contribution < -0.4 is 0 Å². The van der Waals surface area contributed by atoms with Gasteiger partial charge in [-0.15, -0.1) is 0 Å². The summed E-state index contributed by atoms with van der Waals surface area (Å²) in [5.41, 5.74) is 1.61. The Bertz CT molecular complexity index is 387. The summed E-state index contributed by atoms with van der Waals surface area (Å²) in [7, 11) is 0. The lowest BCUT2D eigenvalue weighted by Gasteiger charge is -1.90. The quantitative estimate of drug-likeness (QED) is 0.543. The second kappa shape index (κ2) is 2.06. The second-order valence-corrected chi connectivity index (χ2v) is 1.98. The third kappa shape index (κ3) is 0.739. The van der Waals surface area contributed by atoms with Crippen molar-refractivity contribution in [1.29, 1.82) is 0 Å². The number of rotatable bonds is 0. The average molecular weight is 131 g/mol. The molecule has 0 aliphatic heterocycles. The maximum Gasteiger partial charge on any atom is 0.0886 e. The van der Waals surface area contributed by atoms with Crippen LogP contribution >= 0.6 is 0 Å². The van der Waals surface area contributed by atoms with Crippen molar-refractivity contribution in [2.24, 2.45) is 0 Å². The molecule has 2 heterocycles. The van der Waals surface area contributed by atoms with Gasteiger partial charge in [-0.25, -0.2) is 0 Å². The summed E-state index contributed by atoms with van der Waals surface area (Å²) in [5, 5.41) is 0. The molecule has 0 aliphatic carbocycles. The minimum Gasteiger partial charge on any atom is -0.255 e. The molecule has 0 aromatic carbocycles. The van der Waals surface area contributed by atoms with E-state index in [1.807, 2.05) is 12.1 Å². The molecule has 48 valence electrons. The molecule has 0 aliphatic rings. The van der Waals surface area contributed by atoms with Gasteiger partial charge in [-0.05, 0) is 24.3 Å². The van der Waals surface area contributed by atoms with Crippen LogP contribution in [-0.4, -0.2) is 9.97 Å². The second-order valence-electron chi connectivity index (χ2n) is 1.98. The van der Waals surface area contributed by atoms with Crippen LogP contribution in [0.25, 0.3) is 11.0 Å². The molecule has 0 saturated carbocycles. The van der Waals surface area contributed by atoms with Crippen LogP contribution in [0.1, 0.15) is 1.37 Å². The number of aromatic nitrogens is 2.